The van der Waals surface area contributed by atoms with Gasteiger partial charge in [0.05, 0.1) is 5.56 Å². The van der Waals surface area contributed by atoms with Crippen molar-refractivity contribution in [3.8, 4) is 0 Å². The first-order chi connectivity index (χ1) is 8.58. The molecular weight excluding hydrogens is 226 g/mol. The monoisotopic (exact) mass is 247 g/mol. The lowest BCUT2D eigenvalue weighted by Crippen LogP contribution is -2.33. The van der Waals surface area contributed by atoms with Gasteiger partial charge in [-0.25, -0.2) is 4.79 Å². The van der Waals surface area contributed by atoms with Gasteiger partial charge in [0.25, 0.3) is 0 Å². The summed E-state index contributed by atoms with van der Waals surface area (Å²) in [5.41, 5.74) is 1.11. The third-order valence-electron chi connectivity index (χ3n) is 3.96. The lowest BCUT2D eigenvalue weighted by molar-refractivity contribution is 0.0698. The van der Waals surface area contributed by atoms with Gasteiger partial charge in [-0.05, 0) is 36.8 Å². The predicted octanol–water partition coefficient (Wildman–Crippen LogP) is 3.62. The van der Waals surface area contributed by atoms with Crippen molar-refractivity contribution in [1.82, 2.24) is 0 Å². The summed E-state index contributed by atoms with van der Waals surface area (Å²) in [6.07, 6.45) is 3.61. The van der Waals surface area contributed by atoms with E-state index in [4.69, 9.17) is 0 Å². The molecule has 0 saturated heterocycles. The molecule has 0 aliphatic heterocycles. The average molecular weight is 247 g/mol. The Kier molecular flexibility index (Phi) is 3.90. The number of carboxylic acids is 1. The SMILES string of the molecule is CC1CCC(C)C(Nc2ccccc2C(=O)O)C1. The summed E-state index contributed by atoms with van der Waals surface area (Å²) in [5.74, 6) is 0.452. The molecule has 3 nitrogen and oxygen atoms in total. The summed E-state index contributed by atoms with van der Waals surface area (Å²) in [4.78, 5) is 11.2. The fourth-order valence-electron chi connectivity index (χ4n) is 2.73. The highest BCUT2D eigenvalue weighted by atomic mass is 16.4. The minimum Gasteiger partial charge on any atom is -0.478 e. The van der Waals surface area contributed by atoms with E-state index in [1.807, 2.05) is 12.1 Å². The third-order valence-corrected chi connectivity index (χ3v) is 3.96. The van der Waals surface area contributed by atoms with E-state index in [9.17, 15) is 9.90 Å². The number of hydrogen-bond donors (Lipinski definition) is 2. The molecule has 0 heterocycles. The van der Waals surface area contributed by atoms with E-state index >= 15 is 0 Å². The topological polar surface area (TPSA) is 49.3 Å². The Morgan fingerprint density at radius 2 is 2.00 bits per heavy atom. The van der Waals surface area contributed by atoms with Gasteiger partial charge in [0, 0.05) is 11.7 Å². The van der Waals surface area contributed by atoms with Crippen molar-refractivity contribution in [2.45, 2.75) is 39.2 Å². The van der Waals surface area contributed by atoms with Crippen molar-refractivity contribution in [3.05, 3.63) is 29.8 Å². The number of benzene rings is 1. The molecule has 0 spiro atoms. The molecule has 1 aliphatic rings. The first-order valence-corrected chi connectivity index (χ1v) is 6.66. The molecule has 1 aromatic rings. The molecular formula is C15H21NO2. The van der Waals surface area contributed by atoms with E-state index in [1.165, 1.54) is 12.8 Å². The van der Waals surface area contributed by atoms with E-state index in [0.717, 1.165) is 18.0 Å². The lowest BCUT2D eigenvalue weighted by Gasteiger charge is -2.34. The van der Waals surface area contributed by atoms with Crippen LogP contribution in [0.5, 0.6) is 0 Å². The van der Waals surface area contributed by atoms with Crippen LogP contribution in [0.2, 0.25) is 0 Å². The molecule has 3 heteroatoms. The molecule has 1 aliphatic carbocycles. The van der Waals surface area contributed by atoms with Gasteiger partial charge in [0.1, 0.15) is 0 Å². The molecule has 3 unspecified atom stereocenters. The zero-order valence-electron chi connectivity index (χ0n) is 11.0. The number of carbonyl (C=O) groups is 1. The van der Waals surface area contributed by atoms with Gasteiger partial charge in [-0.1, -0.05) is 32.4 Å². The minimum absolute atomic E-state index is 0.364. The number of anilines is 1. The second kappa shape index (κ2) is 5.42. The van der Waals surface area contributed by atoms with Crippen LogP contribution < -0.4 is 5.32 Å². The van der Waals surface area contributed by atoms with Crippen LogP contribution in [0.4, 0.5) is 5.69 Å². The van der Waals surface area contributed by atoms with E-state index in [-0.39, 0.29) is 0 Å². The first kappa shape index (κ1) is 12.9. The van der Waals surface area contributed by atoms with Crippen LogP contribution in [0.25, 0.3) is 0 Å². The normalized spacial score (nSPS) is 27.8. The number of carboxylic acid groups (broad SMARTS) is 1. The van der Waals surface area contributed by atoms with Crippen LogP contribution >= 0.6 is 0 Å². The van der Waals surface area contributed by atoms with Crippen LogP contribution in [0.15, 0.2) is 24.3 Å². The average Bonchev–Trinajstić information content (AvgIpc) is 2.34. The molecule has 1 aromatic carbocycles. The summed E-state index contributed by atoms with van der Waals surface area (Å²) < 4.78 is 0. The minimum atomic E-state index is -0.866. The molecule has 1 fully saturated rings. The molecule has 0 aromatic heterocycles. The Morgan fingerprint density at radius 1 is 1.28 bits per heavy atom. The van der Waals surface area contributed by atoms with Gasteiger partial charge in [-0.15, -0.1) is 0 Å². The number of rotatable bonds is 3. The Morgan fingerprint density at radius 3 is 2.72 bits per heavy atom. The second-order valence-electron chi connectivity index (χ2n) is 5.50. The quantitative estimate of drug-likeness (QED) is 0.857. The van der Waals surface area contributed by atoms with Crippen LogP contribution in [0.1, 0.15) is 43.5 Å². The maximum Gasteiger partial charge on any atom is 0.337 e. The Hall–Kier alpha value is -1.51. The van der Waals surface area contributed by atoms with Gasteiger partial charge in [-0.3, -0.25) is 0 Å². The molecule has 98 valence electrons. The smallest absolute Gasteiger partial charge is 0.337 e. The Bertz CT molecular complexity index is 430. The van der Waals surface area contributed by atoms with Crippen molar-refractivity contribution in [3.63, 3.8) is 0 Å². The molecule has 2 rings (SSSR count). The molecule has 0 amide bonds. The van der Waals surface area contributed by atoms with Crippen molar-refractivity contribution in [2.75, 3.05) is 5.32 Å². The van der Waals surface area contributed by atoms with Gasteiger partial charge in [0.2, 0.25) is 0 Å². The predicted molar refractivity (Wildman–Crippen MR) is 73.0 cm³/mol. The van der Waals surface area contributed by atoms with Crippen LogP contribution in [-0.2, 0) is 0 Å². The van der Waals surface area contributed by atoms with Crippen LogP contribution in [0.3, 0.4) is 0 Å². The summed E-state index contributed by atoms with van der Waals surface area (Å²) in [6, 6.07) is 7.54. The molecule has 0 radical (unpaired) electrons. The maximum absolute atomic E-state index is 11.2. The lowest BCUT2D eigenvalue weighted by atomic mass is 9.80. The van der Waals surface area contributed by atoms with Gasteiger partial charge in [0.15, 0.2) is 0 Å². The van der Waals surface area contributed by atoms with E-state index < -0.39 is 5.97 Å². The standard InChI is InChI=1S/C15H21NO2/c1-10-7-8-11(2)14(9-10)16-13-6-4-3-5-12(13)15(17)18/h3-6,10-11,14,16H,7-9H2,1-2H3,(H,17,18). The van der Waals surface area contributed by atoms with Crippen molar-refractivity contribution in [2.24, 2.45) is 11.8 Å². The van der Waals surface area contributed by atoms with Crippen molar-refractivity contribution in [1.29, 1.82) is 0 Å². The molecule has 3 atom stereocenters. The molecule has 0 bridgehead atoms. The molecule has 2 N–H and O–H groups in total. The van der Waals surface area contributed by atoms with Crippen LogP contribution in [-0.4, -0.2) is 17.1 Å². The second-order valence-corrected chi connectivity index (χ2v) is 5.50. The Balaban J connectivity index is 2.15. The zero-order valence-corrected chi connectivity index (χ0v) is 11.0. The number of aromatic carboxylic acids is 1. The highest BCUT2D eigenvalue weighted by Gasteiger charge is 2.26. The maximum atomic E-state index is 11.2. The van der Waals surface area contributed by atoms with Gasteiger partial charge >= 0.3 is 5.97 Å². The fourth-order valence-corrected chi connectivity index (χ4v) is 2.73. The van der Waals surface area contributed by atoms with E-state index in [2.05, 4.69) is 19.2 Å². The summed E-state index contributed by atoms with van der Waals surface area (Å²) in [7, 11) is 0. The highest BCUT2D eigenvalue weighted by Crippen LogP contribution is 2.31. The molecule has 18 heavy (non-hydrogen) atoms. The third kappa shape index (κ3) is 2.84. The summed E-state index contributed by atoms with van der Waals surface area (Å²) in [5, 5.41) is 12.6. The number of para-hydroxylation sites is 1. The number of hydrogen-bond acceptors (Lipinski definition) is 2. The fraction of sp³-hybridized carbons (Fsp3) is 0.533. The van der Waals surface area contributed by atoms with Gasteiger partial charge in [-0.2, -0.15) is 0 Å². The van der Waals surface area contributed by atoms with Crippen molar-refractivity contribution >= 4 is 11.7 Å². The highest BCUT2D eigenvalue weighted by molar-refractivity contribution is 5.94. The van der Waals surface area contributed by atoms with E-state index in [1.54, 1.807) is 12.1 Å². The summed E-state index contributed by atoms with van der Waals surface area (Å²) >= 11 is 0. The largest absolute Gasteiger partial charge is 0.478 e. The first-order valence-electron chi connectivity index (χ1n) is 6.66. The Labute approximate surface area is 108 Å². The summed E-state index contributed by atoms with van der Waals surface area (Å²) in [6.45, 7) is 4.51. The molecule has 1 saturated carbocycles. The zero-order chi connectivity index (χ0) is 13.1. The van der Waals surface area contributed by atoms with Crippen molar-refractivity contribution < 1.29 is 9.90 Å². The van der Waals surface area contributed by atoms with Gasteiger partial charge < -0.3 is 10.4 Å². The number of nitrogens with one attached hydrogen (secondary N) is 1. The van der Waals surface area contributed by atoms with Crippen LogP contribution in [0, 0.1) is 11.8 Å². The van der Waals surface area contributed by atoms with E-state index in [0.29, 0.717) is 17.5 Å².